The summed E-state index contributed by atoms with van der Waals surface area (Å²) in [6.07, 6.45) is 0. The van der Waals surface area contributed by atoms with Crippen molar-refractivity contribution in [3.05, 3.63) is 57.8 Å². The molecule has 0 bridgehead atoms. The first-order valence-electron chi connectivity index (χ1n) is 5.75. The van der Waals surface area contributed by atoms with Crippen LogP contribution in [0.3, 0.4) is 0 Å². The Morgan fingerprint density at radius 3 is 2.83 bits per heavy atom. The second kappa shape index (κ2) is 5.80. The molecule has 18 heavy (non-hydrogen) atoms. The minimum absolute atomic E-state index is 0.220. The standard InChI is InChI=1S/C14H15NO2S/c1-10(12-6-7-18-9-12)15-8-11-4-2-3-5-13(11)14(16)17/h2-7,9-10,15H,8H2,1H3,(H,16,17). The Kier molecular flexibility index (Phi) is 4.12. The molecule has 0 aliphatic rings. The topological polar surface area (TPSA) is 49.3 Å². The molecule has 2 N–H and O–H groups in total. The number of carboxylic acid groups (broad SMARTS) is 1. The zero-order chi connectivity index (χ0) is 13.0. The van der Waals surface area contributed by atoms with E-state index in [0.29, 0.717) is 12.1 Å². The molecule has 0 fully saturated rings. The quantitative estimate of drug-likeness (QED) is 0.868. The zero-order valence-corrected chi connectivity index (χ0v) is 10.9. The maximum absolute atomic E-state index is 11.1. The Labute approximate surface area is 110 Å². The van der Waals surface area contributed by atoms with E-state index in [-0.39, 0.29) is 6.04 Å². The van der Waals surface area contributed by atoms with Crippen molar-refractivity contribution in [2.75, 3.05) is 0 Å². The van der Waals surface area contributed by atoms with Crippen LogP contribution in [0.5, 0.6) is 0 Å². The van der Waals surface area contributed by atoms with Gasteiger partial charge in [-0.1, -0.05) is 18.2 Å². The van der Waals surface area contributed by atoms with Gasteiger partial charge in [0.25, 0.3) is 0 Å². The van der Waals surface area contributed by atoms with Gasteiger partial charge in [-0.3, -0.25) is 0 Å². The molecular formula is C14H15NO2S. The fourth-order valence-electron chi connectivity index (χ4n) is 1.79. The second-order valence-corrected chi connectivity index (χ2v) is 4.90. The summed E-state index contributed by atoms with van der Waals surface area (Å²) in [5, 5.41) is 16.6. The third kappa shape index (κ3) is 2.97. The molecule has 0 spiro atoms. The molecule has 1 aromatic carbocycles. The van der Waals surface area contributed by atoms with Crippen molar-refractivity contribution in [2.45, 2.75) is 19.5 Å². The maximum atomic E-state index is 11.1. The molecule has 0 radical (unpaired) electrons. The zero-order valence-electron chi connectivity index (χ0n) is 10.1. The van der Waals surface area contributed by atoms with Crippen molar-refractivity contribution in [3.63, 3.8) is 0 Å². The SMILES string of the molecule is CC(NCc1ccccc1C(=O)O)c1ccsc1. The van der Waals surface area contributed by atoms with E-state index in [1.165, 1.54) is 5.56 Å². The van der Waals surface area contributed by atoms with Crippen molar-refractivity contribution in [1.29, 1.82) is 0 Å². The minimum atomic E-state index is -0.879. The first-order chi connectivity index (χ1) is 8.68. The number of aromatic carboxylic acids is 1. The summed E-state index contributed by atoms with van der Waals surface area (Å²) in [6, 6.07) is 9.38. The number of carboxylic acids is 1. The summed E-state index contributed by atoms with van der Waals surface area (Å²) in [5.41, 5.74) is 2.41. The van der Waals surface area contributed by atoms with Crippen LogP contribution in [-0.2, 0) is 6.54 Å². The van der Waals surface area contributed by atoms with Gasteiger partial charge in [0.15, 0.2) is 0 Å². The fourth-order valence-corrected chi connectivity index (χ4v) is 2.54. The third-order valence-corrected chi connectivity index (χ3v) is 3.59. The van der Waals surface area contributed by atoms with Gasteiger partial charge >= 0.3 is 5.97 Å². The van der Waals surface area contributed by atoms with Crippen molar-refractivity contribution >= 4 is 17.3 Å². The van der Waals surface area contributed by atoms with Crippen LogP contribution in [-0.4, -0.2) is 11.1 Å². The van der Waals surface area contributed by atoms with Gasteiger partial charge in [-0.15, -0.1) is 0 Å². The van der Waals surface area contributed by atoms with Crippen LogP contribution < -0.4 is 5.32 Å². The van der Waals surface area contributed by atoms with Crippen molar-refractivity contribution in [1.82, 2.24) is 5.32 Å². The van der Waals surface area contributed by atoms with Gasteiger partial charge in [0.2, 0.25) is 0 Å². The number of rotatable bonds is 5. The van der Waals surface area contributed by atoms with Crippen LogP contribution in [0, 0.1) is 0 Å². The lowest BCUT2D eigenvalue weighted by atomic mass is 10.1. The minimum Gasteiger partial charge on any atom is -0.478 e. The number of thiophene rings is 1. The lowest BCUT2D eigenvalue weighted by Gasteiger charge is -2.13. The number of hydrogen-bond donors (Lipinski definition) is 2. The van der Waals surface area contributed by atoms with E-state index in [1.807, 2.05) is 17.5 Å². The lowest BCUT2D eigenvalue weighted by molar-refractivity contribution is 0.0695. The number of carbonyl (C=O) groups is 1. The summed E-state index contributed by atoms with van der Waals surface area (Å²) in [6.45, 7) is 2.63. The second-order valence-electron chi connectivity index (χ2n) is 4.12. The predicted molar refractivity (Wildman–Crippen MR) is 73.0 cm³/mol. The molecule has 0 saturated heterocycles. The monoisotopic (exact) mass is 261 g/mol. The number of nitrogens with one attached hydrogen (secondary N) is 1. The molecule has 2 rings (SSSR count). The molecule has 1 unspecified atom stereocenters. The molecule has 1 heterocycles. The van der Waals surface area contributed by atoms with Crippen LogP contribution in [0.25, 0.3) is 0 Å². The number of hydrogen-bond acceptors (Lipinski definition) is 3. The highest BCUT2D eigenvalue weighted by Gasteiger charge is 2.10. The molecule has 1 atom stereocenters. The Balaban J connectivity index is 2.04. The van der Waals surface area contributed by atoms with Crippen molar-refractivity contribution < 1.29 is 9.90 Å². The normalized spacial score (nSPS) is 12.3. The molecule has 0 aliphatic carbocycles. The molecule has 1 aromatic heterocycles. The van der Waals surface area contributed by atoms with E-state index in [9.17, 15) is 4.79 Å². The van der Waals surface area contributed by atoms with Gasteiger partial charge < -0.3 is 10.4 Å². The van der Waals surface area contributed by atoms with Gasteiger partial charge in [-0.25, -0.2) is 4.79 Å². The summed E-state index contributed by atoms with van der Waals surface area (Å²) in [4.78, 5) is 11.1. The predicted octanol–water partition coefficient (Wildman–Crippen LogP) is 3.30. The highest BCUT2D eigenvalue weighted by atomic mass is 32.1. The lowest BCUT2D eigenvalue weighted by Crippen LogP contribution is -2.19. The summed E-state index contributed by atoms with van der Waals surface area (Å²) in [5.74, 6) is -0.879. The van der Waals surface area contributed by atoms with Crippen LogP contribution in [0.15, 0.2) is 41.1 Å². The van der Waals surface area contributed by atoms with Gasteiger partial charge in [-0.2, -0.15) is 11.3 Å². The number of benzene rings is 1. The maximum Gasteiger partial charge on any atom is 0.336 e. The van der Waals surface area contributed by atoms with Crippen molar-refractivity contribution in [3.8, 4) is 0 Å². The van der Waals surface area contributed by atoms with E-state index in [0.717, 1.165) is 5.56 Å². The van der Waals surface area contributed by atoms with Crippen LogP contribution >= 0.6 is 11.3 Å². The summed E-state index contributed by atoms with van der Waals surface area (Å²) in [7, 11) is 0. The molecule has 0 amide bonds. The fraction of sp³-hybridized carbons (Fsp3) is 0.214. The Hall–Kier alpha value is -1.65. The van der Waals surface area contributed by atoms with E-state index < -0.39 is 5.97 Å². The molecular weight excluding hydrogens is 246 g/mol. The average molecular weight is 261 g/mol. The molecule has 3 nitrogen and oxygen atoms in total. The first-order valence-corrected chi connectivity index (χ1v) is 6.69. The molecule has 94 valence electrons. The van der Waals surface area contributed by atoms with E-state index in [1.54, 1.807) is 23.5 Å². The smallest absolute Gasteiger partial charge is 0.336 e. The third-order valence-electron chi connectivity index (χ3n) is 2.89. The molecule has 2 aromatic rings. The Morgan fingerprint density at radius 2 is 2.17 bits per heavy atom. The van der Waals surface area contributed by atoms with Crippen molar-refractivity contribution in [2.24, 2.45) is 0 Å². The molecule has 4 heteroatoms. The summed E-state index contributed by atoms with van der Waals surface area (Å²) >= 11 is 1.66. The highest BCUT2D eigenvalue weighted by Crippen LogP contribution is 2.17. The molecule has 0 aliphatic heterocycles. The largest absolute Gasteiger partial charge is 0.478 e. The highest BCUT2D eigenvalue weighted by molar-refractivity contribution is 7.07. The van der Waals surface area contributed by atoms with Crippen LogP contribution in [0.2, 0.25) is 0 Å². The first kappa shape index (κ1) is 12.8. The van der Waals surface area contributed by atoms with Gasteiger partial charge in [0, 0.05) is 12.6 Å². The van der Waals surface area contributed by atoms with Crippen LogP contribution in [0.4, 0.5) is 0 Å². The van der Waals surface area contributed by atoms with E-state index in [4.69, 9.17) is 5.11 Å². The average Bonchev–Trinajstić information content (AvgIpc) is 2.90. The van der Waals surface area contributed by atoms with E-state index in [2.05, 4.69) is 23.7 Å². The van der Waals surface area contributed by atoms with Gasteiger partial charge in [0.1, 0.15) is 0 Å². The molecule has 0 saturated carbocycles. The van der Waals surface area contributed by atoms with E-state index >= 15 is 0 Å². The Bertz CT molecular complexity index is 522. The van der Waals surface area contributed by atoms with Gasteiger partial charge in [0.05, 0.1) is 5.56 Å². The Morgan fingerprint density at radius 1 is 1.39 bits per heavy atom. The summed E-state index contributed by atoms with van der Waals surface area (Å²) < 4.78 is 0. The van der Waals surface area contributed by atoms with Crippen LogP contribution in [0.1, 0.15) is 34.5 Å². The van der Waals surface area contributed by atoms with Gasteiger partial charge in [-0.05, 0) is 40.9 Å².